The molecule has 0 bridgehead atoms. The molecular formula is C12H21N3O. The number of piperazine rings is 1. The molecule has 2 rings (SSSR count). The third kappa shape index (κ3) is 2.44. The van der Waals surface area contributed by atoms with Crippen LogP contribution >= 0.6 is 0 Å². The second kappa shape index (κ2) is 4.55. The van der Waals surface area contributed by atoms with Crippen molar-refractivity contribution < 1.29 is 4.52 Å². The Kier molecular flexibility index (Phi) is 3.30. The van der Waals surface area contributed by atoms with Crippen LogP contribution < -0.4 is 5.32 Å². The van der Waals surface area contributed by atoms with Crippen LogP contribution in [0.1, 0.15) is 30.9 Å². The van der Waals surface area contributed by atoms with Crippen LogP contribution in [-0.4, -0.2) is 35.2 Å². The average molecular weight is 223 g/mol. The molecule has 0 aromatic carbocycles. The lowest BCUT2D eigenvalue weighted by Crippen LogP contribution is -2.53. The smallest absolute Gasteiger partial charge is 0.138 e. The van der Waals surface area contributed by atoms with Crippen molar-refractivity contribution in [2.75, 3.05) is 13.1 Å². The summed E-state index contributed by atoms with van der Waals surface area (Å²) in [4.78, 5) is 2.47. The quantitative estimate of drug-likeness (QED) is 0.824. The van der Waals surface area contributed by atoms with Crippen LogP contribution in [0.5, 0.6) is 0 Å². The van der Waals surface area contributed by atoms with Crippen LogP contribution in [0, 0.1) is 13.8 Å². The molecule has 2 unspecified atom stereocenters. The van der Waals surface area contributed by atoms with Crippen molar-refractivity contribution in [2.45, 2.75) is 46.3 Å². The number of hydrogen-bond donors (Lipinski definition) is 1. The first-order valence-electron chi connectivity index (χ1n) is 5.96. The van der Waals surface area contributed by atoms with E-state index in [2.05, 4.69) is 29.2 Å². The molecule has 1 aromatic rings. The van der Waals surface area contributed by atoms with E-state index in [1.807, 2.05) is 13.8 Å². The molecule has 0 aliphatic carbocycles. The van der Waals surface area contributed by atoms with Gasteiger partial charge in [0.15, 0.2) is 0 Å². The molecule has 0 saturated carbocycles. The summed E-state index contributed by atoms with van der Waals surface area (Å²) in [6.07, 6.45) is 0. The topological polar surface area (TPSA) is 41.3 Å². The van der Waals surface area contributed by atoms with Gasteiger partial charge in [0, 0.05) is 37.3 Å². The number of aromatic nitrogens is 1. The zero-order valence-electron chi connectivity index (χ0n) is 10.6. The maximum Gasteiger partial charge on any atom is 0.138 e. The van der Waals surface area contributed by atoms with Gasteiger partial charge in [-0.2, -0.15) is 0 Å². The third-order valence-corrected chi connectivity index (χ3v) is 3.20. The summed E-state index contributed by atoms with van der Waals surface area (Å²) in [7, 11) is 0. The zero-order valence-corrected chi connectivity index (χ0v) is 10.6. The highest BCUT2D eigenvalue weighted by Gasteiger charge is 2.22. The van der Waals surface area contributed by atoms with Crippen LogP contribution in [0.2, 0.25) is 0 Å². The van der Waals surface area contributed by atoms with Gasteiger partial charge in [-0.05, 0) is 27.7 Å². The molecule has 1 aliphatic rings. The molecule has 1 aliphatic heterocycles. The molecule has 0 radical (unpaired) electrons. The van der Waals surface area contributed by atoms with Gasteiger partial charge in [0.2, 0.25) is 0 Å². The first kappa shape index (κ1) is 11.6. The van der Waals surface area contributed by atoms with Crippen molar-refractivity contribution in [1.29, 1.82) is 0 Å². The SMILES string of the molecule is Cc1noc(C)c1CN1CC(C)NC(C)C1. The molecule has 1 aromatic heterocycles. The lowest BCUT2D eigenvalue weighted by Gasteiger charge is -2.36. The van der Waals surface area contributed by atoms with Gasteiger partial charge in [0.25, 0.3) is 0 Å². The maximum atomic E-state index is 5.20. The predicted molar refractivity (Wildman–Crippen MR) is 63.3 cm³/mol. The highest BCUT2D eigenvalue weighted by atomic mass is 16.5. The van der Waals surface area contributed by atoms with E-state index in [0.29, 0.717) is 12.1 Å². The van der Waals surface area contributed by atoms with E-state index in [1.54, 1.807) is 0 Å². The highest BCUT2D eigenvalue weighted by molar-refractivity contribution is 5.20. The molecule has 4 nitrogen and oxygen atoms in total. The van der Waals surface area contributed by atoms with Gasteiger partial charge < -0.3 is 9.84 Å². The third-order valence-electron chi connectivity index (χ3n) is 3.20. The van der Waals surface area contributed by atoms with E-state index in [0.717, 1.165) is 31.1 Å². The van der Waals surface area contributed by atoms with E-state index in [9.17, 15) is 0 Å². The van der Waals surface area contributed by atoms with E-state index in [-0.39, 0.29) is 0 Å². The van der Waals surface area contributed by atoms with Crippen LogP contribution in [0.25, 0.3) is 0 Å². The van der Waals surface area contributed by atoms with E-state index in [1.165, 1.54) is 5.56 Å². The fourth-order valence-corrected chi connectivity index (χ4v) is 2.52. The standard InChI is InChI=1S/C12H21N3O/c1-8-5-15(6-9(2)13-8)7-12-10(3)14-16-11(12)4/h8-9,13H,5-7H2,1-4H3. The minimum Gasteiger partial charge on any atom is -0.361 e. The summed E-state index contributed by atoms with van der Waals surface area (Å²) < 4.78 is 5.20. The molecular weight excluding hydrogens is 202 g/mol. The Hall–Kier alpha value is -0.870. The first-order valence-corrected chi connectivity index (χ1v) is 5.96. The molecule has 16 heavy (non-hydrogen) atoms. The van der Waals surface area contributed by atoms with Crippen LogP contribution in [0.4, 0.5) is 0 Å². The largest absolute Gasteiger partial charge is 0.361 e. The number of nitrogens with one attached hydrogen (secondary N) is 1. The van der Waals surface area contributed by atoms with Gasteiger partial charge >= 0.3 is 0 Å². The lowest BCUT2D eigenvalue weighted by molar-refractivity contribution is 0.165. The summed E-state index contributed by atoms with van der Waals surface area (Å²) in [5, 5.41) is 7.54. The fraction of sp³-hybridized carbons (Fsp3) is 0.750. The Bertz CT molecular complexity index is 332. The summed E-state index contributed by atoms with van der Waals surface area (Å²) in [6, 6.07) is 1.12. The molecule has 1 N–H and O–H groups in total. The van der Waals surface area contributed by atoms with E-state index >= 15 is 0 Å². The molecule has 1 saturated heterocycles. The summed E-state index contributed by atoms with van der Waals surface area (Å²) in [5.74, 6) is 0.955. The van der Waals surface area contributed by atoms with Crippen molar-refractivity contribution in [1.82, 2.24) is 15.4 Å². The van der Waals surface area contributed by atoms with Gasteiger partial charge in [0.1, 0.15) is 5.76 Å². The lowest BCUT2D eigenvalue weighted by atomic mass is 10.1. The van der Waals surface area contributed by atoms with Crippen molar-refractivity contribution in [2.24, 2.45) is 0 Å². The van der Waals surface area contributed by atoms with Gasteiger partial charge in [-0.3, -0.25) is 4.90 Å². The van der Waals surface area contributed by atoms with Crippen molar-refractivity contribution in [3.8, 4) is 0 Å². The van der Waals surface area contributed by atoms with E-state index in [4.69, 9.17) is 4.52 Å². The highest BCUT2D eigenvalue weighted by Crippen LogP contribution is 2.16. The van der Waals surface area contributed by atoms with Crippen molar-refractivity contribution >= 4 is 0 Å². The van der Waals surface area contributed by atoms with Gasteiger partial charge in [-0.1, -0.05) is 5.16 Å². The van der Waals surface area contributed by atoms with Gasteiger partial charge in [-0.15, -0.1) is 0 Å². The molecule has 1 fully saturated rings. The first-order chi connectivity index (χ1) is 7.56. The monoisotopic (exact) mass is 223 g/mol. The average Bonchev–Trinajstić information content (AvgIpc) is 2.48. The number of aryl methyl sites for hydroxylation is 2. The second-order valence-electron chi connectivity index (χ2n) is 4.97. The van der Waals surface area contributed by atoms with E-state index < -0.39 is 0 Å². The Morgan fingerprint density at radius 2 is 1.94 bits per heavy atom. The molecule has 4 heteroatoms. The summed E-state index contributed by atoms with van der Waals surface area (Å²) in [6.45, 7) is 11.6. The van der Waals surface area contributed by atoms with Crippen LogP contribution in [0.3, 0.4) is 0 Å². The second-order valence-corrected chi connectivity index (χ2v) is 4.97. The molecule has 90 valence electrons. The van der Waals surface area contributed by atoms with Gasteiger partial charge in [-0.25, -0.2) is 0 Å². The summed E-state index contributed by atoms with van der Waals surface area (Å²) in [5.41, 5.74) is 2.28. The maximum absolute atomic E-state index is 5.20. The van der Waals surface area contributed by atoms with Crippen molar-refractivity contribution in [3.05, 3.63) is 17.0 Å². The Balaban J connectivity index is 2.04. The minimum atomic E-state index is 0.559. The Labute approximate surface area is 97.0 Å². The molecule has 0 amide bonds. The summed E-state index contributed by atoms with van der Waals surface area (Å²) >= 11 is 0. The molecule has 2 atom stereocenters. The van der Waals surface area contributed by atoms with Crippen LogP contribution in [-0.2, 0) is 6.54 Å². The van der Waals surface area contributed by atoms with Crippen LogP contribution in [0.15, 0.2) is 4.52 Å². The predicted octanol–water partition coefficient (Wildman–Crippen LogP) is 1.47. The van der Waals surface area contributed by atoms with Crippen molar-refractivity contribution in [3.63, 3.8) is 0 Å². The minimum absolute atomic E-state index is 0.559. The molecule has 2 heterocycles. The fourth-order valence-electron chi connectivity index (χ4n) is 2.52. The Morgan fingerprint density at radius 1 is 1.31 bits per heavy atom. The Morgan fingerprint density at radius 3 is 2.44 bits per heavy atom. The number of hydrogen-bond acceptors (Lipinski definition) is 4. The number of rotatable bonds is 2. The zero-order chi connectivity index (χ0) is 11.7. The van der Waals surface area contributed by atoms with Gasteiger partial charge in [0.05, 0.1) is 5.69 Å². The normalized spacial score (nSPS) is 27.2. The molecule has 0 spiro atoms. The number of nitrogens with zero attached hydrogens (tertiary/aromatic N) is 2.